The highest BCUT2D eigenvalue weighted by Gasteiger charge is 2.28. The average Bonchev–Trinajstić information content (AvgIpc) is 2.69. The summed E-state index contributed by atoms with van der Waals surface area (Å²) in [6, 6.07) is 0. The molecule has 1 aromatic heterocycles. The molecule has 1 aliphatic carbocycles. The maximum Gasteiger partial charge on any atom is 0.227 e. The zero-order valence-electron chi connectivity index (χ0n) is 10.8. The van der Waals surface area contributed by atoms with Gasteiger partial charge in [0.05, 0.1) is 6.10 Å². The maximum absolute atomic E-state index is 11.9. The summed E-state index contributed by atoms with van der Waals surface area (Å²) in [5.41, 5.74) is 0. The maximum atomic E-state index is 11.9. The minimum absolute atomic E-state index is 0.0762. The second-order valence-corrected chi connectivity index (χ2v) is 5.00. The summed E-state index contributed by atoms with van der Waals surface area (Å²) in [4.78, 5) is 17.6. The minimum atomic E-state index is -0.167. The number of hydrogen-bond donors (Lipinski definition) is 1. The Morgan fingerprint density at radius 2 is 2.28 bits per heavy atom. The number of amides is 1. The number of hydrogen-bond acceptors (Lipinski definition) is 5. The first kappa shape index (κ1) is 13.0. The molecule has 0 spiro atoms. The molecule has 0 saturated heterocycles. The minimum Gasteiger partial charge on any atom is -0.393 e. The molecule has 0 aromatic carbocycles. The van der Waals surface area contributed by atoms with Crippen LogP contribution in [-0.4, -0.2) is 45.8 Å². The normalized spacial score (nSPS) is 22.6. The van der Waals surface area contributed by atoms with Gasteiger partial charge in [0.25, 0.3) is 0 Å². The van der Waals surface area contributed by atoms with Crippen molar-refractivity contribution < 1.29 is 14.4 Å². The summed E-state index contributed by atoms with van der Waals surface area (Å²) < 4.78 is 4.96. The molecule has 0 bridgehead atoms. The highest BCUT2D eigenvalue weighted by atomic mass is 16.5. The summed E-state index contributed by atoms with van der Waals surface area (Å²) in [6.07, 6.45) is 2.31. The lowest BCUT2D eigenvalue weighted by Crippen LogP contribution is -2.39. The Balaban J connectivity index is 1.70. The Labute approximate surface area is 106 Å². The summed E-state index contributed by atoms with van der Waals surface area (Å²) in [7, 11) is 1.80. The van der Waals surface area contributed by atoms with Crippen LogP contribution in [0.1, 0.15) is 31.0 Å². The van der Waals surface area contributed by atoms with Crippen molar-refractivity contribution in [1.29, 1.82) is 0 Å². The SMILES string of the molecule is Cc1noc(CCC(=O)N(C)CC2CC(O)C2)n1. The van der Waals surface area contributed by atoms with Crippen LogP contribution in [0.5, 0.6) is 0 Å². The molecule has 1 aliphatic rings. The van der Waals surface area contributed by atoms with Gasteiger partial charge in [-0.1, -0.05) is 5.16 Å². The molecule has 0 aliphatic heterocycles. The predicted molar refractivity (Wildman–Crippen MR) is 63.7 cm³/mol. The van der Waals surface area contributed by atoms with Crippen molar-refractivity contribution in [2.24, 2.45) is 5.92 Å². The number of aliphatic hydroxyl groups is 1. The molecule has 2 rings (SSSR count). The number of rotatable bonds is 5. The summed E-state index contributed by atoms with van der Waals surface area (Å²) in [5.74, 6) is 1.62. The van der Waals surface area contributed by atoms with E-state index in [2.05, 4.69) is 10.1 Å². The number of nitrogens with zero attached hydrogens (tertiary/aromatic N) is 3. The van der Waals surface area contributed by atoms with Crippen LogP contribution in [0.2, 0.25) is 0 Å². The first-order valence-corrected chi connectivity index (χ1v) is 6.26. The van der Waals surface area contributed by atoms with Crippen LogP contribution in [0.3, 0.4) is 0 Å². The van der Waals surface area contributed by atoms with Gasteiger partial charge in [-0.3, -0.25) is 4.79 Å². The first-order chi connectivity index (χ1) is 8.54. The number of carbonyl (C=O) groups excluding carboxylic acids is 1. The van der Waals surface area contributed by atoms with Crippen LogP contribution in [0.15, 0.2) is 4.52 Å². The molecule has 1 amide bonds. The Morgan fingerprint density at radius 3 is 2.83 bits per heavy atom. The van der Waals surface area contributed by atoms with Crippen LogP contribution in [0, 0.1) is 12.8 Å². The Bertz CT molecular complexity index is 412. The highest BCUT2D eigenvalue weighted by molar-refractivity contribution is 5.76. The number of aliphatic hydroxyl groups excluding tert-OH is 1. The molecule has 18 heavy (non-hydrogen) atoms. The van der Waals surface area contributed by atoms with Crippen LogP contribution < -0.4 is 0 Å². The van der Waals surface area contributed by atoms with E-state index >= 15 is 0 Å². The monoisotopic (exact) mass is 253 g/mol. The molecule has 6 heteroatoms. The van der Waals surface area contributed by atoms with Crippen molar-refractivity contribution in [3.8, 4) is 0 Å². The topological polar surface area (TPSA) is 79.5 Å². The van der Waals surface area contributed by atoms with Gasteiger partial charge in [-0.15, -0.1) is 0 Å². The molecule has 6 nitrogen and oxygen atoms in total. The molecule has 1 N–H and O–H groups in total. The van der Waals surface area contributed by atoms with Gasteiger partial charge in [0.2, 0.25) is 11.8 Å². The van der Waals surface area contributed by atoms with E-state index in [1.54, 1.807) is 18.9 Å². The zero-order valence-corrected chi connectivity index (χ0v) is 10.8. The lowest BCUT2D eigenvalue weighted by atomic mass is 9.82. The number of carbonyl (C=O) groups is 1. The predicted octanol–water partition coefficient (Wildman–Crippen LogP) is 0.540. The lowest BCUT2D eigenvalue weighted by molar-refractivity contribution is -0.131. The molecule has 1 heterocycles. The molecule has 0 radical (unpaired) electrons. The van der Waals surface area contributed by atoms with Crippen LogP contribution in [0.4, 0.5) is 0 Å². The van der Waals surface area contributed by atoms with E-state index in [4.69, 9.17) is 4.52 Å². The van der Waals surface area contributed by atoms with Crippen molar-refractivity contribution in [1.82, 2.24) is 15.0 Å². The van der Waals surface area contributed by atoms with Crippen molar-refractivity contribution in [2.75, 3.05) is 13.6 Å². The van der Waals surface area contributed by atoms with E-state index in [0.717, 1.165) is 19.4 Å². The molecular formula is C12H19N3O3. The third-order valence-corrected chi connectivity index (χ3v) is 3.29. The van der Waals surface area contributed by atoms with Crippen molar-refractivity contribution >= 4 is 5.91 Å². The number of aryl methyl sites for hydroxylation is 2. The van der Waals surface area contributed by atoms with E-state index in [9.17, 15) is 9.90 Å². The van der Waals surface area contributed by atoms with Gasteiger partial charge < -0.3 is 14.5 Å². The third kappa shape index (κ3) is 3.29. The van der Waals surface area contributed by atoms with Crippen molar-refractivity contribution in [3.05, 3.63) is 11.7 Å². The van der Waals surface area contributed by atoms with Gasteiger partial charge in [0.1, 0.15) is 0 Å². The summed E-state index contributed by atoms with van der Waals surface area (Å²) in [5, 5.41) is 12.9. The standard InChI is InChI=1S/C12H19N3O3/c1-8-13-11(18-14-8)3-4-12(17)15(2)7-9-5-10(16)6-9/h9-10,16H,3-7H2,1-2H3. The molecule has 0 unspecified atom stereocenters. The second kappa shape index (κ2) is 5.48. The van der Waals surface area contributed by atoms with E-state index in [0.29, 0.717) is 30.5 Å². The first-order valence-electron chi connectivity index (χ1n) is 6.26. The summed E-state index contributed by atoms with van der Waals surface area (Å²) >= 11 is 0. The fraction of sp³-hybridized carbons (Fsp3) is 0.750. The van der Waals surface area contributed by atoms with Gasteiger partial charge in [0, 0.05) is 26.4 Å². The van der Waals surface area contributed by atoms with Crippen molar-refractivity contribution in [2.45, 2.75) is 38.7 Å². The van der Waals surface area contributed by atoms with Gasteiger partial charge in [0.15, 0.2) is 5.82 Å². The third-order valence-electron chi connectivity index (χ3n) is 3.29. The average molecular weight is 253 g/mol. The fourth-order valence-electron chi connectivity index (χ4n) is 2.19. The lowest BCUT2D eigenvalue weighted by Gasteiger charge is -2.34. The van der Waals surface area contributed by atoms with Gasteiger partial charge in [-0.25, -0.2) is 0 Å². The van der Waals surface area contributed by atoms with Crippen LogP contribution >= 0.6 is 0 Å². The van der Waals surface area contributed by atoms with Gasteiger partial charge in [-0.05, 0) is 25.7 Å². The smallest absolute Gasteiger partial charge is 0.227 e. The quantitative estimate of drug-likeness (QED) is 0.828. The highest BCUT2D eigenvalue weighted by Crippen LogP contribution is 2.27. The molecule has 1 saturated carbocycles. The van der Waals surface area contributed by atoms with Crippen molar-refractivity contribution in [3.63, 3.8) is 0 Å². The molecule has 0 atom stereocenters. The summed E-state index contributed by atoms with van der Waals surface area (Å²) in [6.45, 7) is 2.47. The van der Waals surface area contributed by atoms with Crippen LogP contribution in [-0.2, 0) is 11.2 Å². The Hall–Kier alpha value is -1.43. The largest absolute Gasteiger partial charge is 0.393 e. The molecule has 1 fully saturated rings. The fourth-order valence-corrected chi connectivity index (χ4v) is 2.19. The number of aromatic nitrogens is 2. The van der Waals surface area contributed by atoms with Gasteiger partial charge in [-0.2, -0.15) is 4.98 Å². The van der Waals surface area contributed by atoms with E-state index < -0.39 is 0 Å². The molecular weight excluding hydrogens is 234 g/mol. The molecule has 1 aromatic rings. The second-order valence-electron chi connectivity index (χ2n) is 5.00. The van der Waals surface area contributed by atoms with E-state index in [1.165, 1.54) is 0 Å². The molecule has 100 valence electrons. The van der Waals surface area contributed by atoms with Crippen LogP contribution in [0.25, 0.3) is 0 Å². The Morgan fingerprint density at radius 1 is 1.56 bits per heavy atom. The Kier molecular flexibility index (Phi) is 3.96. The van der Waals surface area contributed by atoms with E-state index in [1.807, 2.05) is 0 Å². The van der Waals surface area contributed by atoms with E-state index in [-0.39, 0.29) is 12.0 Å². The van der Waals surface area contributed by atoms with Gasteiger partial charge >= 0.3 is 0 Å². The zero-order chi connectivity index (χ0) is 13.1.